The van der Waals surface area contributed by atoms with Gasteiger partial charge in [-0.05, 0) is 19.1 Å². The van der Waals surface area contributed by atoms with Crippen molar-refractivity contribution in [3.63, 3.8) is 0 Å². The maximum Gasteiger partial charge on any atom is 0.260 e. The highest BCUT2D eigenvalue weighted by atomic mass is 16.5. The number of nitrogen functional groups attached to an aromatic ring is 1. The number of nitrogens with zero attached hydrogens (tertiary/aromatic N) is 1. The van der Waals surface area contributed by atoms with E-state index in [1.54, 1.807) is 19.1 Å². The van der Waals surface area contributed by atoms with Gasteiger partial charge in [0.25, 0.3) is 5.91 Å². The van der Waals surface area contributed by atoms with Gasteiger partial charge in [0, 0.05) is 0 Å². The van der Waals surface area contributed by atoms with Crippen LogP contribution in [0.3, 0.4) is 0 Å². The van der Waals surface area contributed by atoms with E-state index in [9.17, 15) is 9.90 Å². The van der Waals surface area contributed by atoms with Gasteiger partial charge < -0.3 is 20.9 Å². The summed E-state index contributed by atoms with van der Waals surface area (Å²) in [6, 6.07) is 4.63. The van der Waals surface area contributed by atoms with Gasteiger partial charge in [0.2, 0.25) is 0 Å². The number of aromatic amines is 1. The van der Waals surface area contributed by atoms with Crippen LogP contribution in [0.25, 0.3) is 0 Å². The molecular weight excluding hydrogens is 248 g/mol. The topological polar surface area (TPSA) is 113 Å². The van der Waals surface area contributed by atoms with Gasteiger partial charge in [0.1, 0.15) is 0 Å². The summed E-state index contributed by atoms with van der Waals surface area (Å²) in [6.07, 6.45) is 0. The van der Waals surface area contributed by atoms with E-state index in [4.69, 9.17) is 10.5 Å². The molecule has 0 saturated carbocycles. The standard InChI is InChI=1S/C12H14N4O3/c1-6-9(13)11(16-15-6)14-12(18)7-4-3-5-8(19-2)10(7)17/h3-5,17H,13H2,1-2H3,(H2,14,15,16,18). The summed E-state index contributed by atoms with van der Waals surface area (Å²) in [7, 11) is 1.41. The Morgan fingerprint density at radius 1 is 1.53 bits per heavy atom. The maximum atomic E-state index is 12.0. The SMILES string of the molecule is COc1cccc(C(=O)Nc2n[nH]c(C)c2N)c1O. The fourth-order valence-corrected chi connectivity index (χ4v) is 1.58. The molecule has 100 valence electrons. The highest BCUT2D eigenvalue weighted by molar-refractivity contribution is 6.07. The third kappa shape index (κ3) is 2.30. The van der Waals surface area contributed by atoms with Gasteiger partial charge in [0.05, 0.1) is 24.1 Å². The largest absolute Gasteiger partial charge is 0.504 e. The Morgan fingerprint density at radius 3 is 2.84 bits per heavy atom. The molecule has 5 N–H and O–H groups in total. The fraction of sp³-hybridized carbons (Fsp3) is 0.167. The second-order valence-corrected chi connectivity index (χ2v) is 3.92. The predicted octanol–water partition coefficient (Wildman–Crippen LogP) is 1.27. The highest BCUT2D eigenvalue weighted by Crippen LogP contribution is 2.30. The molecule has 0 fully saturated rings. The number of hydrogen-bond donors (Lipinski definition) is 4. The number of amides is 1. The molecule has 1 heterocycles. The Labute approximate surface area is 109 Å². The minimum absolute atomic E-state index is 0.0828. The number of nitrogens with two attached hydrogens (primary N) is 1. The molecule has 19 heavy (non-hydrogen) atoms. The Bertz CT molecular complexity index is 621. The van der Waals surface area contributed by atoms with E-state index in [0.29, 0.717) is 11.4 Å². The van der Waals surface area contributed by atoms with Crippen molar-refractivity contribution in [2.45, 2.75) is 6.92 Å². The lowest BCUT2D eigenvalue weighted by Gasteiger charge is -2.08. The number of H-pyrrole nitrogens is 1. The lowest BCUT2D eigenvalue weighted by atomic mass is 10.1. The molecule has 2 rings (SSSR count). The summed E-state index contributed by atoms with van der Waals surface area (Å²) in [5.41, 5.74) is 6.82. The number of phenols is 1. The zero-order chi connectivity index (χ0) is 14.0. The van der Waals surface area contributed by atoms with Crippen molar-refractivity contribution in [2.75, 3.05) is 18.2 Å². The number of benzene rings is 1. The molecule has 0 bridgehead atoms. The molecule has 0 spiro atoms. The van der Waals surface area contributed by atoms with E-state index >= 15 is 0 Å². The summed E-state index contributed by atoms with van der Waals surface area (Å²) in [6.45, 7) is 1.74. The lowest BCUT2D eigenvalue weighted by molar-refractivity contribution is 0.102. The molecule has 0 atom stereocenters. The number of methoxy groups -OCH3 is 1. The van der Waals surface area contributed by atoms with Crippen LogP contribution in [0, 0.1) is 6.92 Å². The van der Waals surface area contributed by atoms with Crippen LogP contribution in [-0.2, 0) is 0 Å². The van der Waals surface area contributed by atoms with Crippen LogP contribution < -0.4 is 15.8 Å². The molecule has 0 saturated heterocycles. The second-order valence-electron chi connectivity index (χ2n) is 3.92. The predicted molar refractivity (Wildman–Crippen MR) is 70.3 cm³/mol. The lowest BCUT2D eigenvalue weighted by Crippen LogP contribution is -2.13. The summed E-state index contributed by atoms with van der Waals surface area (Å²) >= 11 is 0. The fourth-order valence-electron chi connectivity index (χ4n) is 1.58. The van der Waals surface area contributed by atoms with Crippen LogP contribution in [0.1, 0.15) is 16.1 Å². The molecule has 1 aromatic heterocycles. The summed E-state index contributed by atoms with van der Waals surface area (Å²) in [5.74, 6) is -0.300. The molecule has 1 aromatic carbocycles. The molecule has 7 heteroatoms. The summed E-state index contributed by atoms with van der Waals surface area (Å²) in [5, 5.41) is 18.9. The van der Waals surface area contributed by atoms with Crippen molar-refractivity contribution in [1.29, 1.82) is 0 Å². The van der Waals surface area contributed by atoms with Gasteiger partial charge in [-0.1, -0.05) is 6.07 Å². The minimum Gasteiger partial charge on any atom is -0.504 e. The zero-order valence-corrected chi connectivity index (χ0v) is 10.5. The third-order valence-corrected chi connectivity index (χ3v) is 2.69. The molecule has 0 aliphatic carbocycles. The van der Waals surface area contributed by atoms with Crippen LogP contribution >= 0.6 is 0 Å². The summed E-state index contributed by atoms with van der Waals surface area (Å²) < 4.78 is 4.94. The van der Waals surface area contributed by atoms with Gasteiger partial charge in [-0.2, -0.15) is 5.10 Å². The monoisotopic (exact) mass is 262 g/mol. The average molecular weight is 262 g/mol. The molecule has 7 nitrogen and oxygen atoms in total. The van der Waals surface area contributed by atoms with Crippen molar-refractivity contribution in [2.24, 2.45) is 0 Å². The molecule has 1 amide bonds. The van der Waals surface area contributed by atoms with E-state index in [-0.39, 0.29) is 22.9 Å². The van der Waals surface area contributed by atoms with E-state index in [1.807, 2.05) is 0 Å². The maximum absolute atomic E-state index is 12.0. The van der Waals surface area contributed by atoms with E-state index in [1.165, 1.54) is 13.2 Å². The zero-order valence-electron chi connectivity index (χ0n) is 10.5. The first-order chi connectivity index (χ1) is 9.04. The molecule has 0 unspecified atom stereocenters. The third-order valence-electron chi connectivity index (χ3n) is 2.69. The molecule has 0 aliphatic heterocycles. The van der Waals surface area contributed by atoms with Gasteiger partial charge >= 0.3 is 0 Å². The normalized spacial score (nSPS) is 10.2. The molecule has 0 aliphatic rings. The molecule has 0 radical (unpaired) electrons. The number of hydrogen-bond acceptors (Lipinski definition) is 5. The number of rotatable bonds is 3. The van der Waals surface area contributed by atoms with Crippen molar-refractivity contribution < 1.29 is 14.6 Å². The molecule has 2 aromatic rings. The Kier molecular flexibility index (Phi) is 3.28. The first-order valence-corrected chi connectivity index (χ1v) is 5.52. The van der Waals surface area contributed by atoms with Crippen LogP contribution in [0.2, 0.25) is 0 Å². The number of anilines is 2. The highest BCUT2D eigenvalue weighted by Gasteiger charge is 2.17. The van der Waals surface area contributed by atoms with Crippen LogP contribution in [-0.4, -0.2) is 28.3 Å². The van der Waals surface area contributed by atoms with Gasteiger partial charge in [-0.25, -0.2) is 0 Å². The van der Waals surface area contributed by atoms with Crippen molar-refractivity contribution in [1.82, 2.24) is 10.2 Å². The number of aromatic hydroxyl groups is 1. The number of carbonyl (C=O) groups excluding carboxylic acids is 1. The van der Waals surface area contributed by atoms with Crippen molar-refractivity contribution in [3.8, 4) is 11.5 Å². The number of para-hydroxylation sites is 1. The number of aryl methyl sites for hydroxylation is 1. The van der Waals surface area contributed by atoms with E-state index in [0.717, 1.165) is 0 Å². The summed E-state index contributed by atoms with van der Waals surface area (Å²) in [4.78, 5) is 12.0. The minimum atomic E-state index is -0.519. The number of nitrogens with one attached hydrogen (secondary N) is 2. The number of aromatic nitrogens is 2. The van der Waals surface area contributed by atoms with E-state index in [2.05, 4.69) is 15.5 Å². The first kappa shape index (κ1) is 12.7. The smallest absolute Gasteiger partial charge is 0.260 e. The van der Waals surface area contributed by atoms with Crippen LogP contribution in [0.4, 0.5) is 11.5 Å². The van der Waals surface area contributed by atoms with Gasteiger partial charge in [-0.3, -0.25) is 9.89 Å². The molecular formula is C12H14N4O3. The van der Waals surface area contributed by atoms with Crippen molar-refractivity contribution in [3.05, 3.63) is 29.5 Å². The van der Waals surface area contributed by atoms with Gasteiger partial charge in [-0.15, -0.1) is 0 Å². The van der Waals surface area contributed by atoms with E-state index < -0.39 is 5.91 Å². The number of ether oxygens (including phenoxy) is 1. The quantitative estimate of drug-likeness (QED) is 0.665. The number of carbonyl (C=O) groups is 1. The average Bonchev–Trinajstić information content (AvgIpc) is 2.71. The van der Waals surface area contributed by atoms with Crippen molar-refractivity contribution >= 4 is 17.4 Å². The van der Waals surface area contributed by atoms with Gasteiger partial charge in [0.15, 0.2) is 17.3 Å². The Morgan fingerprint density at radius 2 is 2.26 bits per heavy atom. The first-order valence-electron chi connectivity index (χ1n) is 5.52. The number of phenolic OH excluding ortho intramolecular Hbond substituents is 1. The van der Waals surface area contributed by atoms with Crippen LogP contribution in [0.5, 0.6) is 11.5 Å². The Hall–Kier alpha value is -2.70. The van der Waals surface area contributed by atoms with Crippen LogP contribution in [0.15, 0.2) is 18.2 Å². The second kappa shape index (κ2) is 4.89. The Balaban J connectivity index is 2.28.